The zero-order valence-corrected chi connectivity index (χ0v) is 40.3. The maximum atomic E-state index is 15.2. The first-order valence-electron chi connectivity index (χ1n) is 24.6. The highest BCUT2D eigenvalue weighted by Gasteiger charge is 2.22. The summed E-state index contributed by atoms with van der Waals surface area (Å²) < 4.78 is 63.7. The second-order valence-electron chi connectivity index (χ2n) is 17.1. The van der Waals surface area contributed by atoms with Gasteiger partial charge in [0.1, 0.15) is 46.1 Å². The average molecular weight is 949 g/mol. The summed E-state index contributed by atoms with van der Waals surface area (Å²) in [6, 6.07) is 23.8. The molecule has 0 heterocycles. The number of ether oxygens (including phenoxy) is 6. The largest absolute Gasteiger partial charge is 0.494 e. The van der Waals surface area contributed by atoms with Gasteiger partial charge in [0.25, 0.3) is 0 Å². The Morgan fingerprint density at radius 2 is 0.725 bits per heavy atom. The molecule has 0 unspecified atom stereocenters. The topological polar surface area (TPSA) is 124 Å². The van der Waals surface area contributed by atoms with Gasteiger partial charge in [0, 0.05) is 17.7 Å². The Morgan fingerprint density at radius 1 is 0.391 bits per heavy atom. The van der Waals surface area contributed by atoms with Crippen LogP contribution in [0.15, 0.2) is 103 Å². The zero-order chi connectivity index (χ0) is 49.2. The first kappa shape index (κ1) is 53.4. The van der Waals surface area contributed by atoms with Crippen LogP contribution in [0.3, 0.4) is 0 Å². The zero-order valence-electron chi connectivity index (χ0n) is 40.3. The molecule has 0 saturated carbocycles. The van der Waals surface area contributed by atoms with Crippen LogP contribution in [0.5, 0.6) is 34.5 Å². The number of carbonyl (C=O) groups is 4. The van der Waals surface area contributed by atoms with Crippen molar-refractivity contribution < 1.29 is 56.4 Å². The molecule has 0 aliphatic heterocycles. The lowest BCUT2D eigenvalue weighted by atomic mass is 10.1. The van der Waals surface area contributed by atoms with Crippen molar-refractivity contribution >= 4 is 23.9 Å². The Kier molecular flexibility index (Phi) is 22.7. The Hall–Kier alpha value is -6.56. The second kappa shape index (κ2) is 29.4. The molecule has 0 aliphatic carbocycles. The van der Waals surface area contributed by atoms with E-state index >= 15 is 8.78 Å². The van der Waals surface area contributed by atoms with Crippen LogP contribution in [-0.2, 0) is 0 Å². The van der Waals surface area contributed by atoms with Crippen molar-refractivity contribution in [2.75, 3.05) is 13.2 Å². The monoisotopic (exact) mass is 948 g/mol. The van der Waals surface area contributed by atoms with E-state index in [1.807, 2.05) is 0 Å². The van der Waals surface area contributed by atoms with E-state index in [4.69, 9.17) is 28.4 Å². The van der Waals surface area contributed by atoms with Gasteiger partial charge < -0.3 is 28.4 Å². The summed E-state index contributed by atoms with van der Waals surface area (Å²) in [5.41, 5.74) is -0.240. The minimum atomic E-state index is -1.07. The second-order valence-corrected chi connectivity index (χ2v) is 17.1. The van der Waals surface area contributed by atoms with Crippen LogP contribution in [-0.4, -0.2) is 37.1 Å². The predicted molar refractivity (Wildman–Crippen MR) is 262 cm³/mol. The average Bonchev–Trinajstić information content (AvgIpc) is 3.34. The van der Waals surface area contributed by atoms with Crippen molar-refractivity contribution in [3.8, 4) is 34.5 Å². The molecule has 69 heavy (non-hydrogen) atoms. The molecule has 12 heteroatoms. The van der Waals surface area contributed by atoms with Gasteiger partial charge in [-0.25, -0.2) is 28.0 Å². The van der Waals surface area contributed by atoms with E-state index in [2.05, 4.69) is 13.8 Å². The number of unbranched alkanes of at least 4 members (excludes halogenated alkanes) is 16. The first-order chi connectivity index (χ1) is 33.6. The van der Waals surface area contributed by atoms with Crippen LogP contribution < -0.4 is 28.4 Å². The van der Waals surface area contributed by atoms with Gasteiger partial charge in [0.2, 0.25) is 0 Å². The van der Waals surface area contributed by atoms with E-state index in [0.29, 0.717) is 24.7 Å². The molecule has 0 spiro atoms. The molecule has 368 valence electrons. The van der Waals surface area contributed by atoms with Crippen molar-refractivity contribution in [3.63, 3.8) is 0 Å². The number of rotatable bonds is 30. The third-order valence-electron chi connectivity index (χ3n) is 11.6. The highest BCUT2D eigenvalue weighted by atomic mass is 19.1. The normalized spacial score (nSPS) is 10.9. The third kappa shape index (κ3) is 18.1. The van der Waals surface area contributed by atoms with Gasteiger partial charge in [-0.2, -0.15) is 0 Å². The van der Waals surface area contributed by atoms with Crippen LogP contribution in [0.25, 0.3) is 0 Å². The SMILES string of the molecule is CCCCCCCCCCCOc1ccc(C(=O)Oc2ccc(C(=O)Oc3cccc(OC(=O)c4ccc(OC(=O)c5ccc(OCCCCCCCCCCC)cc5)cc4F)c3C)c(F)c2)cc1. The smallest absolute Gasteiger partial charge is 0.346 e. The minimum Gasteiger partial charge on any atom is -0.494 e. The van der Waals surface area contributed by atoms with Gasteiger partial charge >= 0.3 is 23.9 Å². The van der Waals surface area contributed by atoms with Crippen LogP contribution >= 0.6 is 0 Å². The molecule has 0 radical (unpaired) electrons. The van der Waals surface area contributed by atoms with E-state index in [0.717, 1.165) is 49.9 Å². The molecular formula is C57H66F2O10. The number of halogens is 2. The minimum absolute atomic E-state index is 0.0538. The quantitative estimate of drug-likeness (QED) is 0.0250. The van der Waals surface area contributed by atoms with Crippen LogP contribution in [0.4, 0.5) is 8.78 Å². The molecule has 5 aromatic rings. The van der Waals surface area contributed by atoms with Gasteiger partial charge in [-0.3, -0.25) is 0 Å². The Balaban J connectivity index is 1.05. The Labute approximate surface area is 405 Å². The molecule has 0 aliphatic rings. The fraction of sp³-hybridized carbons (Fsp3) is 0.404. The third-order valence-corrected chi connectivity index (χ3v) is 11.6. The van der Waals surface area contributed by atoms with E-state index in [-0.39, 0.29) is 39.7 Å². The van der Waals surface area contributed by atoms with Crippen molar-refractivity contribution in [3.05, 3.63) is 143 Å². The van der Waals surface area contributed by atoms with Gasteiger partial charge in [-0.1, -0.05) is 123 Å². The molecule has 0 bridgehead atoms. The predicted octanol–water partition coefficient (Wildman–Crippen LogP) is 15.0. The Bertz CT molecular complexity index is 2230. The molecule has 0 atom stereocenters. The van der Waals surface area contributed by atoms with E-state index < -0.39 is 46.6 Å². The summed E-state index contributed by atoms with van der Waals surface area (Å²) in [5, 5.41) is 0. The van der Waals surface area contributed by atoms with Gasteiger partial charge in [0.05, 0.1) is 35.5 Å². The van der Waals surface area contributed by atoms with Crippen molar-refractivity contribution in [1.82, 2.24) is 0 Å². The number of benzene rings is 5. The van der Waals surface area contributed by atoms with Crippen LogP contribution in [0, 0.1) is 18.6 Å². The maximum absolute atomic E-state index is 15.2. The summed E-state index contributed by atoms with van der Waals surface area (Å²) in [5.74, 6) is -4.70. The van der Waals surface area contributed by atoms with Crippen LogP contribution in [0.1, 0.15) is 176 Å². The fourth-order valence-electron chi connectivity index (χ4n) is 7.49. The summed E-state index contributed by atoms with van der Waals surface area (Å²) in [6.45, 7) is 7.10. The molecule has 0 N–H and O–H groups in total. The molecule has 10 nitrogen and oxygen atoms in total. The van der Waals surface area contributed by atoms with Gasteiger partial charge in [0.15, 0.2) is 0 Å². The number of hydrogen-bond acceptors (Lipinski definition) is 10. The highest BCUT2D eigenvalue weighted by molar-refractivity contribution is 5.94. The standard InChI is InChI=1S/C57H66F2O10/c1-4-6-8-10-12-14-16-18-20-37-64-44-29-25-42(26-30-44)54(60)66-46-33-35-48(50(58)39-46)56(62)68-52-23-22-24-53(41(52)3)69-57(63)49-36-34-47(40-51(49)59)67-55(61)43-27-31-45(32-28-43)65-38-21-19-17-15-13-11-9-7-5-2/h22-36,39-40H,4-21,37-38H2,1-3H3. The molecule has 0 fully saturated rings. The van der Waals surface area contributed by atoms with Gasteiger partial charge in [-0.15, -0.1) is 0 Å². The lowest BCUT2D eigenvalue weighted by Crippen LogP contribution is -2.14. The maximum Gasteiger partial charge on any atom is 0.346 e. The summed E-state index contributed by atoms with van der Waals surface area (Å²) in [7, 11) is 0. The van der Waals surface area contributed by atoms with Crippen molar-refractivity contribution in [1.29, 1.82) is 0 Å². The van der Waals surface area contributed by atoms with E-state index in [1.165, 1.54) is 127 Å². The van der Waals surface area contributed by atoms with Crippen molar-refractivity contribution in [2.24, 2.45) is 0 Å². The number of esters is 4. The first-order valence-corrected chi connectivity index (χ1v) is 24.6. The lowest BCUT2D eigenvalue weighted by Gasteiger charge is -2.13. The number of hydrogen-bond donors (Lipinski definition) is 0. The molecule has 0 aromatic heterocycles. The Morgan fingerprint density at radius 3 is 1.07 bits per heavy atom. The summed E-state index contributed by atoms with van der Waals surface area (Å²) in [6.07, 6.45) is 21.9. The summed E-state index contributed by atoms with van der Waals surface area (Å²) in [4.78, 5) is 51.8. The fourth-order valence-corrected chi connectivity index (χ4v) is 7.49. The molecule has 0 saturated heterocycles. The van der Waals surface area contributed by atoms with Crippen molar-refractivity contribution in [2.45, 2.75) is 136 Å². The molecule has 5 aromatic carbocycles. The lowest BCUT2D eigenvalue weighted by molar-refractivity contribution is 0.0719. The highest BCUT2D eigenvalue weighted by Crippen LogP contribution is 2.30. The number of carbonyl (C=O) groups excluding carboxylic acids is 4. The molecular weight excluding hydrogens is 883 g/mol. The van der Waals surface area contributed by atoms with Gasteiger partial charge in [-0.05, 0) is 105 Å². The molecule has 5 rings (SSSR count). The molecule has 0 amide bonds. The van der Waals surface area contributed by atoms with E-state index in [1.54, 1.807) is 48.5 Å². The van der Waals surface area contributed by atoms with E-state index in [9.17, 15) is 19.2 Å². The van der Waals surface area contributed by atoms with Crippen LogP contribution in [0.2, 0.25) is 0 Å². The summed E-state index contributed by atoms with van der Waals surface area (Å²) >= 11 is 0.